The number of pyridine rings is 1. The van der Waals surface area contributed by atoms with E-state index in [-0.39, 0.29) is 18.0 Å². The number of aryl methyl sites for hydroxylation is 1. The Morgan fingerprint density at radius 3 is 2.66 bits per heavy atom. The number of hydrogen-bond acceptors (Lipinski definition) is 5. The third-order valence-corrected chi connectivity index (χ3v) is 8.02. The lowest BCUT2D eigenvalue weighted by atomic mass is 9.79. The number of urea groups is 2. The van der Waals surface area contributed by atoms with Crippen LogP contribution in [0, 0.1) is 6.92 Å². The molecule has 2 aliphatic rings. The predicted molar refractivity (Wildman–Crippen MR) is 154 cm³/mol. The first kappa shape index (κ1) is 26.3. The van der Waals surface area contributed by atoms with E-state index in [2.05, 4.69) is 36.4 Å². The lowest BCUT2D eigenvalue weighted by Gasteiger charge is -2.45. The third kappa shape index (κ3) is 5.43. The number of aromatic amines is 1. The maximum Gasteiger partial charge on any atom is 0.319 e. The van der Waals surface area contributed by atoms with Crippen LogP contribution in [0.3, 0.4) is 0 Å². The van der Waals surface area contributed by atoms with Crippen LogP contribution in [0.15, 0.2) is 67.1 Å². The molecule has 6 rings (SSSR count). The molecule has 2 aliphatic heterocycles. The first-order valence-electron chi connectivity index (χ1n) is 13.7. The maximum absolute atomic E-state index is 13.5. The van der Waals surface area contributed by atoms with Crippen LogP contribution < -0.4 is 21.3 Å². The predicted octanol–water partition coefficient (Wildman–Crippen LogP) is 3.33. The van der Waals surface area contributed by atoms with Crippen LogP contribution >= 0.6 is 0 Å². The lowest BCUT2D eigenvalue weighted by Crippen LogP contribution is -2.59. The van der Waals surface area contributed by atoms with Crippen molar-refractivity contribution < 1.29 is 14.4 Å². The largest absolute Gasteiger partial charge is 0.350 e. The summed E-state index contributed by atoms with van der Waals surface area (Å²) in [6.45, 7) is 3.19. The summed E-state index contributed by atoms with van der Waals surface area (Å²) in [6, 6.07) is 14.1. The number of piperidine rings is 1. The fourth-order valence-electron chi connectivity index (χ4n) is 5.86. The molecule has 4 heterocycles. The van der Waals surface area contributed by atoms with Crippen LogP contribution in [0.1, 0.15) is 35.1 Å². The molecule has 1 saturated heterocycles. The molecule has 1 fully saturated rings. The molecule has 1 atom stereocenters. The second-order valence-electron chi connectivity index (χ2n) is 10.7. The van der Waals surface area contributed by atoms with Crippen molar-refractivity contribution in [3.8, 4) is 0 Å². The van der Waals surface area contributed by atoms with Gasteiger partial charge in [0.05, 0.1) is 17.3 Å². The van der Waals surface area contributed by atoms with Gasteiger partial charge in [-0.15, -0.1) is 0 Å². The van der Waals surface area contributed by atoms with Crippen LogP contribution in [0.4, 0.5) is 15.3 Å². The monoisotopic (exact) mass is 552 g/mol. The van der Waals surface area contributed by atoms with E-state index in [4.69, 9.17) is 0 Å². The molecule has 210 valence electrons. The van der Waals surface area contributed by atoms with E-state index in [1.54, 1.807) is 23.5 Å². The number of rotatable bonds is 6. The normalized spacial score (nSPS) is 16.4. The number of benzene rings is 2. The summed E-state index contributed by atoms with van der Waals surface area (Å²) in [5.41, 5.74) is 5.09. The van der Waals surface area contributed by atoms with E-state index >= 15 is 0 Å². The molecule has 41 heavy (non-hydrogen) atoms. The second-order valence-corrected chi connectivity index (χ2v) is 10.7. The van der Waals surface area contributed by atoms with Crippen LogP contribution in [0.5, 0.6) is 0 Å². The van der Waals surface area contributed by atoms with Gasteiger partial charge in [0.25, 0.3) is 0 Å². The zero-order valence-corrected chi connectivity index (χ0v) is 22.7. The summed E-state index contributed by atoms with van der Waals surface area (Å²) in [6.07, 6.45) is 6.57. The molecule has 2 aromatic carbocycles. The third-order valence-electron chi connectivity index (χ3n) is 8.02. The number of nitrogens with one attached hydrogen (secondary N) is 5. The van der Waals surface area contributed by atoms with E-state index in [9.17, 15) is 14.4 Å². The Labute approximate surface area is 237 Å². The van der Waals surface area contributed by atoms with E-state index < -0.39 is 11.6 Å². The van der Waals surface area contributed by atoms with Crippen molar-refractivity contribution >= 4 is 34.6 Å². The number of nitrogens with zero attached hydrogens (tertiary/aromatic N) is 3. The van der Waals surface area contributed by atoms with Crippen LogP contribution in [0.2, 0.25) is 0 Å². The lowest BCUT2D eigenvalue weighted by molar-refractivity contribution is -0.123. The van der Waals surface area contributed by atoms with E-state index in [1.165, 1.54) is 0 Å². The number of carbonyl (C=O) groups is 3. The molecular formula is C30H32N8O3. The molecule has 0 radical (unpaired) electrons. The van der Waals surface area contributed by atoms with Crippen LogP contribution in [-0.4, -0.2) is 57.2 Å². The van der Waals surface area contributed by atoms with Gasteiger partial charge >= 0.3 is 12.1 Å². The van der Waals surface area contributed by atoms with Gasteiger partial charge in [0, 0.05) is 55.1 Å². The highest BCUT2D eigenvalue weighted by Crippen LogP contribution is 2.39. The van der Waals surface area contributed by atoms with Gasteiger partial charge in [0.2, 0.25) is 5.91 Å². The average molecular weight is 553 g/mol. The molecule has 0 bridgehead atoms. The summed E-state index contributed by atoms with van der Waals surface area (Å²) in [7, 11) is 0. The molecular weight excluding hydrogens is 520 g/mol. The summed E-state index contributed by atoms with van der Waals surface area (Å²) in [4.78, 5) is 45.1. The molecule has 11 heteroatoms. The van der Waals surface area contributed by atoms with Gasteiger partial charge < -0.3 is 26.2 Å². The highest BCUT2D eigenvalue weighted by molar-refractivity contribution is 5.94. The number of hydrogen-bond donors (Lipinski definition) is 5. The minimum Gasteiger partial charge on any atom is -0.350 e. The first-order valence-corrected chi connectivity index (χ1v) is 13.7. The molecule has 5 N–H and O–H groups in total. The van der Waals surface area contributed by atoms with Crippen LogP contribution in [-0.2, 0) is 23.3 Å². The van der Waals surface area contributed by atoms with Crippen molar-refractivity contribution in [3.63, 3.8) is 0 Å². The second kappa shape index (κ2) is 10.9. The van der Waals surface area contributed by atoms with Gasteiger partial charge in [-0.1, -0.05) is 24.3 Å². The number of anilines is 1. The number of aromatic nitrogens is 3. The number of H-pyrrole nitrogens is 1. The minimum absolute atomic E-state index is 0.239. The Morgan fingerprint density at radius 2 is 1.85 bits per heavy atom. The Bertz CT molecular complexity index is 1590. The molecule has 0 saturated carbocycles. The van der Waals surface area contributed by atoms with Gasteiger partial charge in [0.15, 0.2) is 0 Å². The van der Waals surface area contributed by atoms with Crippen molar-refractivity contribution in [2.24, 2.45) is 0 Å². The molecule has 5 amide bonds. The highest BCUT2D eigenvalue weighted by atomic mass is 16.2. The smallest absolute Gasteiger partial charge is 0.319 e. The van der Waals surface area contributed by atoms with Gasteiger partial charge in [-0.05, 0) is 60.7 Å². The Morgan fingerprint density at radius 1 is 1.07 bits per heavy atom. The zero-order chi connectivity index (χ0) is 28.4. The minimum atomic E-state index is -0.789. The fourth-order valence-corrected chi connectivity index (χ4v) is 5.86. The molecule has 4 aromatic rings. The van der Waals surface area contributed by atoms with Crippen molar-refractivity contribution in [2.45, 2.75) is 44.3 Å². The zero-order valence-electron chi connectivity index (χ0n) is 22.7. The van der Waals surface area contributed by atoms with Crippen molar-refractivity contribution in [1.82, 2.24) is 36.0 Å². The SMILES string of the molecule is Cc1cc(CC(NC(=O)N2CCC3(CC2)NC(=O)Nc2ccccc23)C(=O)NCc2ccncc2)cc2cn[nH]c12. The van der Waals surface area contributed by atoms with E-state index in [0.29, 0.717) is 38.9 Å². The van der Waals surface area contributed by atoms with Crippen molar-refractivity contribution in [1.29, 1.82) is 0 Å². The molecule has 2 aromatic heterocycles. The molecule has 0 aliphatic carbocycles. The van der Waals surface area contributed by atoms with Gasteiger partial charge in [-0.3, -0.25) is 14.9 Å². The molecule has 1 spiro atoms. The highest BCUT2D eigenvalue weighted by Gasteiger charge is 2.43. The summed E-state index contributed by atoms with van der Waals surface area (Å²) >= 11 is 0. The molecule has 11 nitrogen and oxygen atoms in total. The summed E-state index contributed by atoms with van der Waals surface area (Å²) in [5, 5.41) is 20.0. The first-order chi connectivity index (χ1) is 19.9. The summed E-state index contributed by atoms with van der Waals surface area (Å²) < 4.78 is 0. The number of amides is 5. The van der Waals surface area contributed by atoms with Crippen LogP contribution in [0.25, 0.3) is 10.9 Å². The topological polar surface area (TPSA) is 144 Å². The standard InChI is InChI=1S/C30H32N8O3/c1-19-14-21(15-22-18-33-37-26(19)22)16-25(27(39)32-17-20-6-10-31-11-7-20)35-29(41)38-12-8-30(9-13-38)23-4-2-3-5-24(23)34-28(40)36-30/h2-7,10-11,14-15,18,25H,8-9,12-13,16-17H2,1H3,(H,32,39)(H,33,37)(H,35,41)(H2,34,36,40). The Balaban J connectivity index is 1.17. The Kier molecular flexibility index (Phi) is 7.00. The number of carbonyl (C=O) groups excluding carboxylic acids is 3. The molecule has 1 unspecified atom stereocenters. The van der Waals surface area contributed by atoms with Gasteiger partial charge in [-0.2, -0.15) is 5.10 Å². The quantitative estimate of drug-likeness (QED) is 0.249. The Hall–Kier alpha value is -4.93. The van der Waals surface area contributed by atoms with E-state index in [0.717, 1.165) is 38.8 Å². The maximum atomic E-state index is 13.5. The summed E-state index contributed by atoms with van der Waals surface area (Å²) in [5.74, 6) is -0.270. The van der Waals surface area contributed by atoms with E-state index in [1.807, 2.05) is 55.5 Å². The fraction of sp³-hybridized carbons (Fsp3) is 0.300. The number of para-hydroxylation sites is 1. The van der Waals surface area contributed by atoms with Gasteiger partial charge in [0.1, 0.15) is 6.04 Å². The van der Waals surface area contributed by atoms with Gasteiger partial charge in [-0.25, -0.2) is 9.59 Å². The number of likely N-dealkylation sites (tertiary alicyclic amines) is 1. The van der Waals surface area contributed by atoms with Crippen molar-refractivity contribution in [3.05, 3.63) is 89.4 Å². The average Bonchev–Trinajstić information content (AvgIpc) is 3.46. The van der Waals surface area contributed by atoms with Crippen molar-refractivity contribution in [2.75, 3.05) is 18.4 Å². The number of fused-ring (bicyclic) bond motifs is 3.